The lowest BCUT2D eigenvalue weighted by atomic mass is 10.1. The molecule has 113 valence electrons. The summed E-state index contributed by atoms with van der Waals surface area (Å²) >= 11 is 0. The number of hydrogen-bond acceptors (Lipinski definition) is 5. The van der Waals surface area contributed by atoms with Crippen molar-refractivity contribution in [2.75, 3.05) is 39.5 Å². The van der Waals surface area contributed by atoms with Gasteiger partial charge in [0, 0.05) is 45.2 Å². The molecule has 5 nitrogen and oxygen atoms in total. The number of fused-ring (bicyclic) bond motifs is 1. The lowest BCUT2D eigenvalue weighted by Gasteiger charge is -2.35. The molecule has 0 amide bonds. The quantitative estimate of drug-likeness (QED) is 0.817. The second kappa shape index (κ2) is 6.45. The minimum absolute atomic E-state index is 0.00501. The van der Waals surface area contributed by atoms with Crippen LogP contribution in [0.5, 0.6) is 11.5 Å². The normalized spacial score (nSPS) is 20.4. The van der Waals surface area contributed by atoms with Gasteiger partial charge in [0.15, 0.2) is 11.5 Å². The second-order valence-electron chi connectivity index (χ2n) is 5.78. The summed E-state index contributed by atoms with van der Waals surface area (Å²) in [5.74, 6) is 1.69. The van der Waals surface area contributed by atoms with Gasteiger partial charge in [-0.25, -0.2) is 0 Å². The maximum Gasteiger partial charge on any atom is 0.231 e. The van der Waals surface area contributed by atoms with Crippen LogP contribution < -0.4 is 9.47 Å². The molecule has 0 bridgehead atoms. The van der Waals surface area contributed by atoms with Crippen LogP contribution in [-0.2, 0) is 11.3 Å². The van der Waals surface area contributed by atoms with E-state index in [1.54, 1.807) is 0 Å². The van der Waals surface area contributed by atoms with Crippen LogP contribution in [0.25, 0.3) is 0 Å². The van der Waals surface area contributed by atoms with Crippen LogP contribution in [0.15, 0.2) is 18.2 Å². The van der Waals surface area contributed by atoms with Crippen molar-refractivity contribution < 1.29 is 14.3 Å². The summed E-state index contributed by atoms with van der Waals surface area (Å²) in [4.78, 5) is 15.4. The minimum Gasteiger partial charge on any atom is -0.454 e. The lowest BCUT2D eigenvalue weighted by molar-refractivity contribution is 0.121. The molecule has 1 atom stereocenters. The monoisotopic (exact) mass is 289 g/mol. The molecule has 1 radical (unpaired) electrons. The summed E-state index contributed by atoms with van der Waals surface area (Å²) < 4.78 is 10.7. The van der Waals surface area contributed by atoms with Gasteiger partial charge >= 0.3 is 0 Å². The Morgan fingerprint density at radius 2 is 1.86 bits per heavy atom. The number of benzene rings is 1. The third-order valence-corrected chi connectivity index (χ3v) is 4.04. The maximum absolute atomic E-state index is 10.6. The van der Waals surface area contributed by atoms with E-state index in [4.69, 9.17) is 9.47 Å². The number of hydrogen-bond donors (Lipinski definition) is 0. The molecule has 2 heterocycles. The smallest absolute Gasteiger partial charge is 0.231 e. The van der Waals surface area contributed by atoms with Crippen molar-refractivity contribution in [3.8, 4) is 11.5 Å². The van der Waals surface area contributed by atoms with Crippen molar-refractivity contribution in [1.82, 2.24) is 9.80 Å². The van der Waals surface area contributed by atoms with Crippen LogP contribution in [0.4, 0.5) is 0 Å². The van der Waals surface area contributed by atoms with Gasteiger partial charge < -0.3 is 14.4 Å². The second-order valence-corrected chi connectivity index (χ2v) is 5.78. The summed E-state index contributed by atoms with van der Waals surface area (Å²) in [5.41, 5.74) is 1.25. The highest BCUT2D eigenvalue weighted by molar-refractivity contribution is 5.54. The Morgan fingerprint density at radius 1 is 1.14 bits per heavy atom. The Labute approximate surface area is 125 Å². The van der Waals surface area contributed by atoms with Crippen molar-refractivity contribution in [2.24, 2.45) is 5.92 Å². The molecule has 5 heteroatoms. The molecule has 0 spiro atoms. The van der Waals surface area contributed by atoms with Gasteiger partial charge in [0.05, 0.1) is 0 Å². The third-order valence-electron chi connectivity index (χ3n) is 4.04. The first-order valence-corrected chi connectivity index (χ1v) is 7.45. The molecule has 0 aromatic heterocycles. The Bertz CT molecular complexity index is 498. The highest BCUT2D eigenvalue weighted by Gasteiger charge is 2.20. The molecule has 0 N–H and O–H groups in total. The van der Waals surface area contributed by atoms with Gasteiger partial charge in [0.1, 0.15) is 0 Å². The number of carbonyl (C=O) groups excluding carboxylic acids is 1. The van der Waals surface area contributed by atoms with E-state index in [2.05, 4.69) is 28.2 Å². The van der Waals surface area contributed by atoms with E-state index in [-0.39, 0.29) is 5.92 Å². The first kappa shape index (κ1) is 14.4. The Balaban J connectivity index is 1.50. The zero-order valence-corrected chi connectivity index (χ0v) is 12.4. The van der Waals surface area contributed by atoms with Crippen molar-refractivity contribution in [3.05, 3.63) is 23.8 Å². The van der Waals surface area contributed by atoms with Crippen LogP contribution in [0.3, 0.4) is 0 Å². The maximum atomic E-state index is 10.6. The third kappa shape index (κ3) is 3.54. The molecule has 0 aliphatic carbocycles. The van der Waals surface area contributed by atoms with Gasteiger partial charge in [-0.05, 0) is 17.7 Å². The van der Waals surface area contributed by atoms with E-state index in [1.165, 1.54) is 5.56 Å². The predicted molar refractivity (Wildman–Crippen MR) is 79.1 cm³/mol. The zero-order valence-electron chi connectivity index (χ0n) is 12.4. The minimum atomic E-state index is 0.00501. The zero-order chi connectivity index (χ0) is 14.7. The number of piperazine rings is 1. The number of nitrogens with zero attached hydrogens (tertiary/aromatic N) is 2. The summed E-state index contributed by atoms with van der Waals surface area (Å²) in [5, 5.41) is 0. The summed E-state index contributed by atoms with van der Waals surface area (Å²) in [6.07, 6.45) is 2.06. The van der Waals surface area contributed by atoms with E-state index in [0.717, 1.165) is 50.8 Å². The molecule has 21 heavy (non-hydrogen) atoms. The molecule has 1 aromatic rings. The first-order chi connectivity index (χ1) is 10.2. The first-order valence-electron chi connectivity index (χ1n) is 7.45. The van der Waals surface area contributed by atoms with Crippen molar-refractivity contribution >= 4 is 6.29 Å². The fourth-order valence-electron chi connectivity index (χ4n) is 2.85. The van der Waals surface area contributed by atoms with Crippen molar-refractivity contribution in [1.29, 1.82) is 0 Å². The lowest BCUT2D eigenvalue weighted by Crippen LogP contribution is -2.47. The molecular formula is C16H21N2O3. The van der Waals surface area contributed by atoms with E-state index in [1.807, 2.05) is 13.0 Å². The molecule has 1 unspecified atom stereocenters. The Hall–Kier alpha value is -1.59. The summed E-state index contributed by atoms with van der Waals surface area (Å²) in [6, 6.07) is 6.15. The predicted octanol–water partition coefficient (Wildman–Crippen LogP) is 1.28. The number of rotatable bonds is 5. The largest absolute Gasteiger partial charge is 0.454 e. The van der Waals surface area contributed by atoms with E-state index in [9.17, 15) is 4.79 Å². The van der Waals surface area contributed by atoms with E-state index in [0.29, 0.717) is 6.79 Å². The van der Waals surface area contributed by atoms with Gasteiger partial charge in [-0.3, -0.25) is 9.69 Å². The average molecular weight is 289 g/mol. The van der Waals surface area contributed by atoms with Crippen molar-refractivity contribution in [2.45, 2.75) is 13.5 Å². The topological polar surface area (TPSA) is 42.0 Å². The van der Waals surface area contributed by atoms with E-state index < -0.39 is 0 Å². The summed E-state index contributed by atoms with van der Waals surface area (Å²) in [6.45, 7) is 8.07. The fraction of sp³-hybridized carbons (Fsp3) is 0.562. The highest BCUT2D eigenvalue weighted by atomic mass is 16.7. The highest BCUT2D eigenvalue weighted by Crippen LogP contribution is 2.32. The molecule has 2 aliphatic rings. The van der Waals surface area contributed by atoms with Gasteiger partial charge in [-0.1, -0.05) is 13.0 Å². The Morgan fingerprint density at radius 3 is 2.62 bits per heavy atom. The number of ether oxygens (including phenoxy) is 2. The molecule has 1 aromatic carbocycles. The van der Waals surface area contributed by atoms with Gasteiger partial charge in [-0.2, -0.15) is 0 Å². The van der Waals surface area contributed by atoms with Gasteiger partial charge in [0.2, 0.25) is 13.1 Å². The van der Waals surface area contributed by atoms with Crippen LogP contribution in [0.1, 0.15) is 12.5 Å². The van der Waals surface area contributed by atoms with Crippen LogP contribution in [-0.4, -0.2) is 55.6 Å². The molecule has 0 saturated carbocycles. The Kier molecular flexibility index (Phi) is 4.41. The average Bonchev–Trinajstić information content (AvgIpc) is 2.96. The fourth-order valence-corrected chi connectivity index (χ4v) is 2.85. The van der Waals surface area contributed by atoms with Crippen LogP contribution >= 0.6 is 0 Å². The van der Waals surface area contributed by atoms with Crippen LogP contribution in [0.2, 0.25) is 0 Å². The standard InChI is InChI=1S/C16H21N2O3/c1-13(11-19)9-17-4-6-18(7-5-17)10-14-2-3-15-16(8-14)21-12-20-15/h2-3,8,13H,4-7,9-10,12H2,1H3. The molecule has 1 fully saturated rings. The van der Waals surface area contributed by atoms with Gasteiger partial charge in [0.25, 0.3) is 0 Å². The molecular weight excluding hydrogens is 268 g/mol. The van der Waals surface area contributed by atoms with Crippen LogP contribution in [0, 0.1) is 5.92 Å². The van der Waals surface area contributed by atoms with Crippen molar-refractivity contribution in [3.63, 3.8) is 0 Å². The summed E-state index contributed by atoms with van der Waals surface area (Å²) in [7, 11) is 0. The SMILES string of the molecule is CC([C]=O)CN1CCN(Cc2ccc3c(c2)OCO3)CC1. The molecule has 1 saturated heterocycles. The molecule has 3 rings (SSSR count). The van der Waals surface area contributed by atoms with Gasteiger partial charge in [-0.15, -0.1) is 0 Å². The molecule has 2 aliphatic heterocycles. The van der Waals surface area contributed by atoms with E-state index >= 15 is 0 Å².